The quantitative estimate of drug-likeness (QED) is 0.539. The molecule has 1 aromatic rings. The number of rotatable bonds is 6. The summed E-state index contributed by atoms with van der Waals surface area (Å²) in [6, 6.07) is 1.36. The van der Waals surface area contributed by atoms with Crippen LogP contribution in [0.5, 0.6) is 0 Å². The van der Waals surface area contributed by atoms with Gasteiger partial charge in [-0.1, -0.05) is 0 Å². The number of carboxylic acid groups (broad SMARTS) is 1. The molecular weight excluding hydrogens is 214 g/mol. The maximum atomic E-state index is 10.7. The van der Waals surface area contributed by atoms with Gasteiger partial charge in [-0.2, -0.15) is 0 Å². The Morgan fingerprint density at radius 3 is 2.88 bits per heavy atom. The second kappa shape index (κ2) is 5.11. The Labute approximate surface area is 92.5 Å². The molecule has 1 aromatic heterocycles. The fraction of sp³-hybridized carbons (Fsp3) is 0.500. The lowest BCUT2D eigenvalue weighted by Gasteiger charge is -2.20. The average molecular weight is 229 g/mol. The summed E-state index contributed by atoms with van der Waals surface area (Å²) >= 11 is 0. The number of aliphatic hydroxyl groups is 2. The average Bonchev–Trinajstić information content (AvgIpc) is 2.66. The van der Waals surface area contributed by atoms with Crippen LogP contribution in [0.4, 0.5) is 0 Å². The van der Waals surface area contributed by atoms with Gasteiger partial charge < -0.3 is 25.1 Å². The first-order chi connectivity index (χ1) is 7.46. The van der Waals surface area contributed by atoms with E-state index in [0.29, 0.717) is 5.76 Å². The third kappa shape index (κ3) is 3.34. The molecule has 1 rings (SSSR count). The van der Waals surface area contributed by atoms with Crippen molar-refractivity contribution < 1.29 is 24.5 Å². The summed E-state index contributed by atoms with van der Waals surface area (Å²) in [7, 11) is 0. The molecule has 0 fully saturated rings. The van der Waals surface area contributed by atoms with Crippen molar-refractivity contribution in [3.63, 3.8) is 0 Å². The highest BCUT2D eigenvalue weighted by Crippen LogP contribution is 2.10. The van der Waals surface area contributed by atoms with Crippen molar-refractivity contribution in [2.75, 3.05) is 13.2 Å². The molecule has 0 bridgehead atoms. The second-order valence-electron chi connectivity index (χ2n) is 3.82. The number of aliphatic hydroxyl groups excluding tert-OH is 1. The summed E-state index contributed by atoms with van der Waals surface area (Å²) in [4.78, 5) is 10.7. The van der Waals surface area contributed by atoms with Crippen LogP contribution in [0.15, 0.2) is 16.7 Å². The van der Waals surface area contributed by atoms with E-state index in [0.717, 1.165) is 0 Å². The van der Waals surface area contributed by atoms with E-state index < -0.39 is 11.6 Å². The molecule has 0 radical (unpaired) electrons. The largest absolute Gasteiger partial charge is 0.478 e. The monoisotopic (exact) mass is 229 g/mol. The normalized spacial score (nSPS) is 14.7. The minimum atomic E-state index is -1.23. The van der Waals surface area contributed by atoms with Crippen molar-refractivity contribution in [1.29, 1.82) is 0 Å². The van der Waals surface area contributed by atoms with Gasteiger partial charge in [-0.3, -0.25) is 0 Å². The van der Waals surface area contributed by atoms with E-state index in [-0.39, 0.29) is 25.3 Å². The van der Waals surface area contributed by atoms with E-state index in [1.54, 1.807) is 0 Å². The number of nitrogens with one attached hydrogen (secondary N) is 1. The zero-order valence-corrected chi connectivity index (χ0v) is 8.93. The van der Waals surface area contributed by atoms with E-state index in [1.807, 2.05) is 0 Å². The van der Waals surface area contributed by atoms with Gasteiger partial charge in [0.05, 0.1) is 25.0 Å². The maximum absolute atomic E-state index is 10.7. The smallest absolute Gasteiger partial charge is 0.339 e. The molecule has 90 valence electrons. The predicted molar refractivity (Wildman–Crippen MR) is 55.1 cm³/mol. The summed E-state index contributed by atoms with van der Waals surface area (Å²) in [6.45, 7) is 1.43. The maximum Gasteiger partial charge on any atom is 0.339 e. The van der Waals surface area contributed by atoms with Crippen LogP contribution in [0.25, 0.3) is 0 Å². The van der Waals surface area contributed by atoms with Crippen LogP contribution in [0.2, 0.25) is 0 Å². The van der Waals surface area contributed by atoms with Crippen LogP contribution < -0.4 is 5.32 Å². The van der Waals surface area contributed by atoms with Crippen molar-refractivity contribution in [2.24, 2.45) is 0 Å². The van der Waals surface area contributed by atoms with E-state index in [4.69, 9.17) is 14.6 Å². The van der Waals surface area contributed by atoms with Crippen LogP contribution in [0, 0.1) is 0 Å². The molecule has 0 amide bonds. The zero-order valence-electron chi connectivity index (χ0n) is 8.93. The lowest BCUT2D eigenvalue weighted by molar-refractivity contribution is 0.00226. The highest BCUT2D eigenvalue weighted by molar-refractivity contribution is 5.88. The minimum Gasteiger partial charge on any atom is -0.478 e. The van der Waals surface area contributed by atoms with E-state index in [9.17, 15) is 9.90 Å². The Balaban J connectivity index is 2.49. The third-order valence-corrected chi connectivity index (χ3v) is 2.11. The molecule has 0 aliphatic carbocycles. The fourth-order valence-corrected chi connectivity index (χ4v) is 1.17. The fourth-order valence-electron chi connectivity index (χ4n) is 1.17. The molecule has 0 aliphatic rings. The van der Waals surface area contributed by atoms with Gasteiger partial charge in [0, 0.05) is 6.54 Å². The first-order valence-corrected chi connectivity index (χ1v) is 4.80. The summed E-state index contributed by atoms with van der Waals surface area (Å²) in [5, 5.41) is 29.8. The van der Waals surface area contributed by atoms with Gasteiger partial charge in [0.15, 0.2) is 0 Å². The number of hydrogen-bond donors (Lipinski definition) is 4. The minimum absolute atomic E-state index is 0.0936. The highest BCUT2D eigenvalue weighted by Gasteiger charge is 2.19. The standard InChI is InChI=1S/C10H15NO5/c1-10(15,6-12)5-11-4-8-7(9(13)14)2-3-16-8/h2-3,11-12,15H,4-6H2,1H3,(H,13,14). The number of aromatic carboxylic acids is 1. The summed E-state index contributed by atoms with van der Waals surface area (Å²) in [6.07, 6.45) is 1.30. The first kappa shape index (κ1) is 12.7. The van der Waals surface area contributed by atoms with Crippen LogP contribution in [0.3, 0.4) is 0 Å². The van der Waals surface area contributed by atoms with Crippen molar-refractivity contribution in [3.05, 3.63) is 23.7 Å². The van der Waals surface area contributed by atoms with Crippen molar-refractivity contribution in [2.45, 2.75) is 19.1 Å². The summed E-state index contributed by atoms with van der Waals surface area (Å²) < 4.78 is 4.99. The molecule has 0 saturated carbocycles. The van der Waals surface area contributed by atoms with Crippen LogP contribution in [-0.2, 0) is 6.54 Å². The van der Waals surface area contributed by atoms with E-state index >= 15 is 0 Å². The Hall–Kier alpha value is -1.37. The van der Waals surface area contributed by atoms with Gasteiger partial charge in [-0.25, -0.2) is 4.79 Å². The van der Waals surface area contributed by atoms with Gasteiger partial charge in [0.1, 0.15) is 11.3 Å². The van der Waals surface area contributed by atoms with E-state index in [2.05, 4.69) is 5.32 Å². The second-order valence-corrected chi connectivity index (χ2v) is 3.82. The van der Waals surface area contributed by atoms with Crippen LogP contribution in [0.1, 0.15) is 23.0 Å². The molecule has 1 atom stereocenters. The van der Waals surface area contributed by atoms with E-state index in [1.165, 1.54) is 19.3 Å². The lowest BCUT2D eigenvalue weighted by atomic mass is 10.1. The van der Waals surface area contributed by atoms with Gasteiger partial charge >= 0.3 is 5.97 Å². The Kier molecular flexibility index (Phi) is 4.05. The topological polar surface area (TPSA) is 103 Å². The zero-order chi connectivity index (χ0) is 12.2. The number of hydrogen-bond acceptors (Lipinski definition) is 5. The Bertz CT molecular complexity index is 358. The molecule has 4 N–H and O–H groups in total. The number of carbonyl (C=O) groups is 1. The number of carboxylic acids is 1. The SMILES string of the molecule is CC(O)(CO)CNCc1occc1C(=O)O. The summed E-state index contributed by atoms with van der Waals surface area (Å²) in [5.41, 5.74) is -1.13. The van der Waals surface area contributed by atoms with Crippen molar-refractivity contribution in [1.82, 2.24) is 5.32 Å². The lowest BCUT2D eigenvalue weighted by Crippen LogP contribution is -2.40. The molecule has 0 spiro atoms. The van der Waals surface area contributed by atoms with Gasteiger partial charge in [0.2, 0.25) is 0 Å². The first-order valence-electron chi connectivity index (χ1n) is 4.80. The van der Waals surface area contributed by atoms with Gasteiger partial charge in [0.25, 0.3) is 0 Å². The Morgan fingerprint density at radius 2 is 2.31 bits per heavy atom. The highest BCUT2D eigenvalue weighted by atomic mass is 16.4. The summed E-state index contributed by atoms with van der Waals surface area (Å²) in [5.74, 6) is -0.763. The molecular formula is C10H15NO5. The molecule has 1 unspecified atom stereocenters. The molecule has 6 heteroatoms. The van der Waals surface area contributed by atoms with Crippen LogP contribution in [-0.4, -0.2) is 40.0 Å². The third-order valence-electron chi connectivity index (χ3n) is 2.11. The Morgan fingerprint density at radius 1 is 1.62 bits per heavy atom. The molecule has 0 aliphatic heterocycles. The molecule has 6 nitrogen and oxygen atoms in total. The molecule has 1 heterocycles. The molecule has 16 heavy (non-hydrogen) atoms. The predicted octanol–water partition coefficient (Wildman–Crippen LogP) is -0.189. The van der Waals surface area contributed by atoms with Crippen molar-refractivity contribution in [3.8, 4) is 0 Å². The van der Waals surface area contributed by atoms with Crippen molar-refractivity contribution >= 4 is 5.97 Å². The van der Waals surface area contributed by atoms with Gasteiger partial charge in [-0.15, -0.1) is 0 Å². The van der Waals surface area contributed by atoms with Gasteiger partial charge in [-0.05, 0) is 13.0 Å². The molecule has 0 saturated heterocycles. The van der Waals surface area contributed by atoms with Crippen LogP contribution >= 0.6 is 0 Å². The molecule has 0 aromatic carbocycles. The number of furan rings is 1.